The van der Waals surface area contributed by atoms with Gasteiger partial charge in [-0.25, -0.2) is 0 Å². The fraction of sp³-hybridized carbons (Fsp3) is 0.672. The summed E-state index contributed by atoms with van der Waals surface area (Å²) >= 11 is 0. The van der Waals surface area contributed by atoms with E-state index < -0.39 is 6.10 Å². The molecule has 0 spiro atoms. The van der Waals surface area contributed by atoms with Gasteiger partial charge in [-0.1, -0.05) is 239 Å². The normalized spacial score (nSPS) is 13.1. The molecule has 0 radical (unpaired) electrons. The van der Waals surface area contributed by atoms with Crippen LogP contribution in [0.4, 0.5) is 0 Å². The Balaban J connectivity index is 4.41. The van der Waals surface area contributed by atoms with Gasteiger partial charge in [-0.05, 0) is 96.3 Å². The van der Waals surface area contributed by atoms with Gasteiger partial charge < -0.3 is 14.2 Å². The van der Waals surface area contributed by atoms with Crippen LogP contribution in [0.5, 0.6) is 0 Å². The summed E-state index contributed by atoms with van der Waals surface area (Å²) in [5, 5.41) is 0. The molecule has 0 amide bonds. The van der Waals surface area contributed by atoms with Gasteiger partial charge in [0.15, 0.2) is 6.10 Å². The molecule has 0 saturated carbocycles. The van der Waals surface area contributed by atoms with Crippen molar-refractivity contribution in [2.24, 2.45) is 0 Å². The SMILES string of the molecule is CC/C=C\C/C=C\C/C=C\C/C=C\C/C=C\C/C=C\CCCOCC(COC(=O)CCCCCCC/C=C\C/C=C\C/C=C\CC)OC(=O)CCCCCCCCCCCCCCCCC. The van der Waals surface area contributed by atoms with Crippen LogP contribution in [0.2, 0.25) is 0 Å². The summed E-state index contributed by atoms with van der Waals surface area (Å²) in [6, 6.07) is 0. The molecular formula is C61H102O5. The lowest BCUT2D eigenvalue weighted by Gasteiger charge is -2.18. The molecule has 0 fully saturated rings. The highest BCUT2D eigenvalue weighted by molar-refractivity contribution is 5.70. The first kappa shape index (κ1) is 62.6. The van der Waals surface area contributed by atoms with Crippen molar-refractivity contribution in [2.75, 3.05) is 19.8 Å². The van der Waals surface area contributed by atoms with Gasteiger partial charge in [0.05, 0.1) is 6.61 Å². The van der Waals surface area contributed by atoms with E-state index in [4.69, 9.17) is 14.2 Å². The van der Waals surface area contributed by atoms with E-state index in [1.807, 2.05) is 0 Å². The fourth-order valence-electron chi connectivity index (χ4n) is 7.31. The molecule has 0 aliphatic carbocycles. The topological polar surface area (TPSA) is 61.8 Å². The van der Waals surface area contributed by atoms with Crippen LogP contribution in [0.15, 0.2) is 109 Å². The summed E-state index contributed by atoms with van der Waals surface area (Å²) in [6.07, 6.45) is 76.8. The highest BCUT2D eigenvalue weighted by Gasteiger charge is 2.17. The van der Waals surface area contributed by atoms with E-state index in [0.717, 1.165) is 116 Å². The molecule has 0 aliphatic rings. The zero-order chi connectivity index (χ0) is 47.7. The van der Waals surface area contributed by atoms with Crippen LogP contribution in [-0.2, 0) is 23.8 Å². The molecule has 1 unspecified atom stereocenters. The van der Waals surface area contributed by atoms with Crippen LogP contribution in [-0.4, -0.2) is 37.9 Å². The summed E-state index contributed by atoms with van der Waals surface area (Å²) in [6.45, 7) is 7.45. The molecule has 1 atom stereocenters. The Kier molecular flexibility index (Phi) is 53.0. The molecule has 0 heterocycles. The summed E-state index contributed by atoms with van der Waals surface area (Å²) < 4.78 is 17.4. The van der Waals surface area contributed by atoms with Gasteiger partial charge in [0.25, 0.3) is 0 Å². The highest BCUT2D eigenvalue weighted by Crippen LogP contribution is 2.15. The molecular weight excluding hydrogens is 813 g/mol. The number of hydrogen-bond donors (Lipinski definition) is 0. The van der Waals surface area contributed by atoms with Crippen molar-refractivity contribution in [3.05, 3.63) is 109 Å². The number of allylic oxidation sites excluding steroid dienone is 18. The molecule has 0 N–H and O–H groups in total. The van der Waals surface area contributed by atoms with Crippen LogP contribution in [0.3, 0.4) is 0 Å². The van der Waals surface area contributed by atoms with Crippen molar-refractivity contribution >= 4 is 11.9 Å². The molecule has 376 valence electrons. The Morgan fingerprint density at radius 2 is 0.682 bits per heavy atom. The second-order valence-corrected chi connectivity index (χ2v) is 17.7. The second kappa shape index (κ2) is 55.9. The minimum absolute atomic E-state index is 0.0492. The maximum Gasteiger partial charge on any atom is 0.306 e. The summed E-state index contributed by atoms with van der Waals surface area (Å²) in [4.78, 5) is 25.5. The third-order valence-electron chi connectivity index (χ3n) is 11.3. The predicted octanol–water partition coefficient (Wildman–Crippen LogP) is 18.8. The van der Waals surface area contributed by atoms with E-state index in [0.29, 0.717) is 19.4 Å². The van der Waals surface area contributed by atoms with E-state index in [-0.39, 0.29) is 25.2 Å². The van der Waals surface area contributed by atoms with Gasteiger partial charge in [0.1, 0.15) is 6.61 Å². The number of hydrogen-bond acceptors (Lipinski definition) is 5. The Morgan fingerprint density at radius 3 is 1.09 bits per heavy atom. The average Bonchev–Trinajstić information content (AvgIpc) is 3.32. The van der Waals surface area contributed by atoms with Crippen LogP contribution in [0.1, 0.15) is 239 Å². The summed E-state index contributed by atoms with van der Waals surface area (Å²) in [5.41, 5.74) is 0. The molecule has 66 heavy (non-hydrogen) atoms. The van der Waals surface area contributed by atoms with Crippen LogP contribution in [0.25, 0.3) is 0 Å². The van der Waals surface area contributed by atoms with Gasteiger partial charge in [-0.3, -0.25) is 9.59 Å². The van der Waals surface area contributed by atoms with Gasteiger partial charge in [-0.2, -0.15) is 0 Å². The summed E-state index contributed by atoms with van der Waals surface area (Å²) in [5.74, 6) is -0.448. The molecule has 5 heteroatoms. The summed E-state index contributed by atoms with van der Waals surface area (Å²) in [7, 11) is 0. The first-order chi connectivity index (χ1) is 32.6. The van der Waals surface area contributed by atoms with Crippen molar-refractivity contribution < 1.29 is 23.8 Å². The van der Waals surface area contributed by atoms with Crippen molar-refractivity contribution in [3.63, 3.8) is 0 Å². The molecule has 5 nitrogen and oxygen atoms in total. The van der Waals surface area contributed by atoms with Crippen molar-refractivity contribution in [1.82, 2.24) is 0 Å². The smallest absolute Gasteiger partial charge is 0.306 e. The number of ether oxygens (including phenoxy) is 3. The number of rotatable bonds is 49. The second-order valence-electron chi connectivity index (χ2n) is 17.7. The first-order valence-electron chi connectivity index (χ1n) is 27.4. The quantitative estimate of drug-likeness (QED) is 0.0346. The molecule has 0 aromatic rings. The van der Waals surface area contributed by atoms with E-state index in [2.05, 4.69) is 130 Å². The monoisotopic (exact) mass is 915 g/mol. The van der Waals surface area contributed by atoms with E-state index in [1.165, 1.54) is 89.9 Å². The van der Waals surface area contributed by atoms with E-state index in [1.54, 1.807) is 0 Å². The number of esters is 2. The van der Waals surface area contributed by atoms with E-state index >= 15 is 0 Å². The lowest BCUT2D eigenvalue weighted by Crippen LogP contribution is -2.30. The zero-order valence-corrected chi connectivity index (χ0v) is 43.2. The Hall–Kier alpha value is -3.44. The number of unbranched alkanes of at least 4 members (excludes halogenated alkanes) is 20. The van der Waals surface area contributed by atoms with Crippen molar-refractivity contribution in [1.29, 1.82) is 0 Å². The average molecular weight is 915 g/mol. The minimum Gasteiger partial charge on any atom is -0.462 e. The maximum absolute atomic E-state index is 12.8. The van der Waals surface area contributed by atoms with Crippen LogP contribution < -0.4 is 0 Å². The largest absolute Gasteiger partial charge is 0.462 e. The number of carbonyl (C=O) groups is 2. The molecule has 0 aliphatic heterocycles. The maximum atomic E-state index is 12.8. The molecule has 0 rings (SSSR count). The number of carbonyl (C=O) groups excluding carboxylic acids is 2. The Morgan fingerprint density at radius 1 is 0.348 bits per heavy atom. The Bertz CT molecular complexity index is 1310. The van der Waals surface area contributed by atoms with Gasteiger partial charge in [-0.15, -0.1) is 0 Å². The minimum atomic E-state index is -0.579. The molecule has 0 aromatic carbocycles. The molecule has 0 bridgehead atoms. The zero-order valence-electron chi connectivity index (χ0n) is 43.2. The van der Waals surface area contributed by atoms with Crippen LogP contribution in [0, 0.1) is 0 Å². The third kappa shape index (κ3) is 53.2. The van der Waals surface area contributed by atoms with Gasteiger partial charge in [0, 0.05) is 19.4 Å². The van der Waals surface area contributed by atoms with Crippen molar-refractivity contribution in [3.8, 4) is 0 Å². The fourth-order valence-corrected chi connectivity index (χ4v) is 7.31. The van der Waals surface area contributed by atoms with Gasteiger partial charge in [0.2, 0.25) is 0 Å². The molecule has 0 saturated heterocycles. The first-order valence-corrected chi connectivity index (χ1v) is 27.4. The molecule has 0 aromatic heterocycles. The highest BCUT2D eigenvalue weighted by atomic mass is 16.6. The standard InChI is InChI=1S/C61H102O5/c1-4-7-10-13-16-19-22-25-28-29-30-31-32-35-38-41-44-47-50-53-56-64-57-59(66-61(63)55-52-49-46-43-40-37-34-27-24-21-18-15-12-9-6-3)58-65-60(62)54-51-48-45-42-39-36-33-26-23-20-17-14-11-8-5-2/h7-8,10-11,16-17,19-20,25-26,28,30-31,33,35,38,44,47,59H,4-6,9,12-15,18,21-24,27,29,32,34,36-37,39-43,45-46,48-58H2,1-3H3/b10-7-,11-8-,19-16-,20-17-,28-25-,31-30-,33-26-,38-35-,47-44-. The lowest BCUT2D eigenvalue weighted by atomic mass is 10.0. The van der Waals surface area contributed by atoms with Crippen molar-refractivity contribution in [2.45, 2.75) is 245 Å². The third-order valence-corrected chi connectivity index (χ3v) is 11.3. The van der Waals surface area contributed by atoms with Crippen LogP contribution >= 0.6 is 0 Å². The van der Waals surface area contributed by atoms with E-state index in [9.17, 15) is 9.59 Å². The van der Waals surface area contributed by atoms with Gasteiger partial charge >= 0.3 is 11.9 Å². The Labute approximate surface area is 408 Å². The lowest BCUT2D eigenvalue weighted by molar-refractivity contribution is -0.163. The predicted molar refractivity (Wildman–Crippen MR) is 288 cm³/mol.